The zero-order chi connectivity index (χ0) is 12.2. The number of rotatable bonds is 3. The van der Waals surface area contributed by atoms with E-state index < -0.39 is 16.9 Å². The molecule has 0 saturated heterocycles. The topological polar surface area (TPSA) is 50.1 Å². The van der Waals surface area contributed by atoms with Crippen LogP contribution in [0.1, 0.15) is 12.0 Å². The Labute approximate surface area is 107 Å². The van der Waals surface area contributed by atoms with Crippen molar-refractivity contribution in [1.29, 1.82) is 5.26 Å². The summed E-state index contributed by atoms with van der Waals surface area (Å²) in [5.74, 6) is -0.813. The highest BCUT2D eigenvalue weighted by Gasteiger charge is 2.33. The molecule has 0 fully saturated rings. The van der Waals surface area contributed by atoms with E-state index in [2.05, 4.69) is 0 Å². The fraction of sp³-hybridized carbons (Fsp3) is 0.200. The van der Waals surface area contributed by atoms with Gasteiger partial charge < -0.3 is 4.74 Å². The monoisotopic (exact) mass is 277 g/mol. The maximum absolute atomic E-state index is 11.1. The summed E-state index contributed by atoms with van der Waals surface area (Å²) < 4.78 is 2.85. The molecule has 0 heterocycles. The average Bonchev–Trinajstić information content (AvgIpc) is 2.17. The van der Waals surface area contributed by atoms with E-state index in [1.807, 2.05) is 0 Å². The van der Waals surface area contributed by atoms with Gasteiger partial charge in [-0.15, -0.1) is 0 Å². The molecule has 0 aliphatic heterocycles. The van der Waals surface area contributed by atoms with E-state index >= 15 is 0 Å². The lowest BCUT2D eigenvalue weighted by molar-refractivity contribution is -0.146. The summed E-state index contributed by atoms with van der Waals surface area (Å²) in [5.41, 5.74) is 0.256. The van der Waals surface area contributed by atoms with Gasteiger partial charge in [0.1, 0.15) is 6.42 Å². The smallest absolute Gasteiger partial charge is 0.323 e. The number of hydrogen-bond acceptors (Lipinski definition) is 3. The molecule has 0 aliphatic carbocycles. The number of nitriles is 1. The SMILES string of the molecule is N#CCC(=O)OC(Cl)(Cl)c1ccccc1Cl. The lowest BCUT2D eigenvalue weighted by atomic mass is 10.2. The quantitative estimate of drug-likeness (QED) is 0.629. The van der Waals surface area contributed by atoms with Crippen LogP contribution in [0.5, 0.6) is 0 Å². The van der Waals surface area contributed by atoms with Gasteiger partial charge in [0.25, 0.3) is 4.52 Å². The average molecular weight is 279 g/mol. The van der Waals surface area contributed by atoms with Crippen molar-refractivity contribution in [2.75, 3.05) is 0 Å². The van der Waals surface area contributed by atoms with Gasteiger partial charge in [-0.05, 0) is 6.07 Å². The third-order valence-corrected chi connectivity index (χ3v) is 2.54. The first kappa shape index (κ1) is 13.1. The molecule has 3 nitrogen and oxygen atoms in total. The molecule has 0 aromatic heterocycles. The maximum Gasteiger partial charge on any atom is 0.323 e. The van der Waals surface area contributed by atoms with E-state index in [1.165, 1.54) is 6.07 Å². The van der Waals surface area contributed by atoms with Crippen LogP contribution >= 0.6 is 34.8 Å². The molecule has 1 rings (SSSR count). The Balaban J connectivity index is 2.90. The Morgan fingerprint density at radius 2 is 2.06 bits per heavy atom. The summed E-state index contributed by atoms with van der Waals surface area (Å²) in [4.78, 5) is 11.1. The summed E-state index contributed by atoms with van der Waals surface area (Å²) in [6, 6.07) is 8.06. The van der Waals surface area contributed by atoms with Crippen LogP contribution in [-0.4, -0.2) is 5.97 Å². The second-order valence-corrected chi connectivity index (χ2v) is 4.47. The highest BCUT2D eigenvalue weighted by atomic mass is 35.5. The maximum atomic E-state index is 11.1. The molecule has 0 saturated carbocycles. The van der Waals surface area contributed by atoms with Crippen molar-refractivity contribution in [2.45, 2.75) is 10.9 Å². The van der Waals surface area contributed by atoms with Gasteiger partial charge in [0, 0.05) is 5.56 Å². The lowest BCUT2D eigenvalue weighted by Gasteiger charge is -2.20. The summed E-state index contributed by atoms with van der Waals surface area (Å²) in [6.07, 6.45) is -0.425. The van der Waals surface area contributed by atoms with E-state index in [-0.39, 0.29) is 10.6 Å². The van der Waals surface area contributed by atoms with Gasteiger partial charge in [0.15, 0.2) is 0 Å². The van der Waals surface area contributed by atoms with Crippen molar-refractivity contribution in [1.82, 2.24) is 0 Å². The van der Waals surface area contributed by atoms with E-state index in [0.717, 1.165) is 0 Å². The van der Waals surface area contributed by atoms with Gasteiger partial charge in [-0.25, -0.2) is 0 Å². The van der Waals surface area contributed by atoms with Crippen LogP contribution in [0.3, 0.4) is 0 Å². The summed E-state index contributed by atoms with van der Waals surface area (Å²) >= 11 is 17.5. The summed E-state index contributed by atoms with van der Waals surface area (Å²) in [7, 11) is 0. The molecule has 0 bridgehead atoms. The normalized spacial score (nSPS) is 10.6. The molecule has 0 radical (unpaired) electrons. The molecule has 1 aromatic carbocycles. The van der Waals surface area contributed by atoms with Crippen molar-refractivity contribution in [3.63, 3.8) is 0 Å². The molecule has 0 spiro atoms. The number of esters is 1. The van der Waals surface area contributed by atoms with Gasteiger partial charge in [-0.1, -0.05) is 53.0 Å². The number of hydrogen-bond donors (Lipinski definition) is 0. The minimum Gasteiger partial charge on any atom is -0.423 e. The summed E-state index contributed by atoms with van der Waals surface area (Å²) in [5, 5.41) is 8.57. The van der Waals surface area contributed by atoms with Crippen molar-refractivity contribution < 1.29 is 9.53 Å². The first-order valence-corrected chi connectivity index (χ1v) is 5.32. The van der Waals surface area contributed by atoms with Crippen molar-refractivity contribution in [2.24, 2.45) is 0 Å². The van der Waals surface area contributed by atoms with E-state index in [4.69, 9.17) is 44.8 Å². The number of carbonyl (C=O) groups is 1. The van der Waals surface area contributed by atoms with E-state index in [9.17, 15) is 4.79 Å². The molecule has 6 heteroatoms. The fourth-order valence-corrected chi connectivity index (χ4v) is 1.86. The van der Waals surface area contributed by atoms with Crippen LogP contribution in [0.2, 0.25) is 5.02 Å². The zero-order valence-corrected chi connectivity index (χ0v) is 10.2. The van der Waals surface area contributed by atoms with Gasteiger partial charge >= 0.3 is 5.97 Å². The molecule has 0 amide bonds. The summed E-state index contributed by atoms with van der Waals surface area (Å²) in [6.45, 7) is 0. The van der Waals surface area contributed by atoms with Gasteiger partial charge in [0.2, 0.25) is 0 Å². The largest absolute Gasteiger partial charge is 0.423 e. The van der Waals surface area contributed by atoms with Crippen molar-refractivity contribution >= 4 is 40.8 Å². The number of halogens is 3. The Bertz CT molecular complexity index is 440. The highest BCUT2D eigenvalue weighted by molar-refractivity contribution is 6.48. The standard InChI is InChI=1S/C10H6Cl3NO2/c11-8-4-2-1-3-7(8)10(12,13)16-9(15)5-6-14/h1-4H,5H2. The molecular formula is C10H6Cl3NO2. The minimum absolute atomic E-state index is 0.256. The van der Waals surface area contributed by atoms with Crippen molar-refractivity contribution in [3.05, 3.63) is 34.9 Å². The number of carbonyl (C=O) groups excluding carboxylic acids is 1. The van der Waals surface area contributed by atoms with E-state index in [0.29, 0.717) is 0 Å². The Hall–Kier alpha value is -0.950. The lowest BCUT2D eigenvalue weighted by Crippen LogP contribution is -2.20. The second kappa shape index (κ2) is 5.40. The highest BCUT2D eigenvalue weighted by Crippen LogP contribution is 2.39. The zero-order valence-electron chi connectivity index (χ0n) is 7.91. The van der Waals surface area contributed by atoms with Crippen LogP contribution in [0.4, 0.5) is 0 Å². The molecule has 0 atom stereocenters. The Morgan fingerprint density at radius 3 is 2.62 bits per heavy atom. The first-order chi connectivity index (χ1) is 7.47. The van der Waals surface area contributed by atoms with Gasteiger partial charge in [-0.2, -0.15) is 5.26 Å². The molecule has 16 heavy (non-hydrogen) atoms. The van der Waals surface area contributed by atoms with Crippen LogP contribution in [0, 0.1) is 11.3 Å². The third kappa shape index (κ3) is 3.28. The fourth-order valence-electron chi connectivity index (χ4n) is 0.996. The third-order valence-electron chi connectivity index (χ3n) is 1.65. The Kier molecular flexibility index (Phi) is 4.43. The molecule has 0 aliphatic rings. The molecular weight excluding hydrogens is 272 g/mol. The van der Waals surface area contributed by atoms with Crippen LogP contribution in [-0.2, 0) is 14.1 Å². The van der Waals surface area contributed by atoms with Crippen LogP contribution < -0.4 is 0 Å². The Morgan fingerprint density at radius 1 is 1.44 bits per heavy atom. The van der Waals surface area contributed by atoms with Crippen LogP contribution in [0.15, 0.2) is 24.3 Å². The minimum atomic E-state index is -1.88. The van der Waals surface area contributed by atoms with Crippen molar-refractivity contribution in [3.8, 4) is 6.07 Å². The second-order valence-electron chi connectivity index (χ2n) is 2.81. The number of alkyl halides is 2. The predicted octanol–water partition coefficient (Wildman–Crippen LogP) is 3.38. The predicted molar refractivity (Wildman–Crippen MR) is 61.2 cm³/mol. The molecule has 0 N–H and O–H groups in total. The molecule has 1 aromatic rings. The van der Waals surface area contributed by atoms with Gasteiger partial charge in [-0.3, -0.25) is 4.79 Å². The van der Waals surface area contributed by atoms with Crippen LogP contribution in [0.25, 0.3) is 0 Å². The van der Waals surface area contributed by atoms with E-state index in [1.54, 1.807) is 24.3 Å². The number of nitrogens with zero attached hydrogens (tertiary/aromatic N) is 1. The number of benzene rings is 1. The molecule has 84 valence electrons. The molecule has 0 unspecified atom stereocenters. The number of ether oxygens (including phenoxy) is 1. The van der Waals surface area contributed by atoms with Gasteiger partial charge in [0.05, 0.1) is 11.1 Å². The first-order valence-electron chi connectivity index (χ1n) is 4.19.